The van der Waals surface area contributed by atoms with Crippen molar-refractivity contribution in [2.45, 2.75) is 31.2 Å². The Bertz CT molecular complexity index is 513. The van der Waals surface area contributed by atoms with Gasteiger partial charge in [-0.2, -0.15) is 0 Å². The van der Waals surface area contributed by atoms with Crippen LogP contribution in [0.25, 0.3) is 0 Å². The normalized spacial score (nSPS) is 19.2. The van der Waals surface area contributed by atoms with E-state index in [1.54, 1.807) is 12.1 Å². The number of amides is 1. The molecular weight excluding hydrogens is 337 g/mol. The Balaban J connectivity index is 0.00000132. The van der Waals surface area contributed by atoms with Crippen LogP contribution >= 0.6 is 24.8 Å². The molecule has 2 fully saturated rings. The fourth-order valence-electron chi connectivity index (χ4n) is 3.10. The van der Waals surface area contributed by atoms with Gasteiger partial charge >= 0.3 is 0 Å². The number of carbonyl (C=O) groups excluding carboxylic acids is 1. The molecule has 1 aromatic rings. The average molecular weight is 362 g/mol. The second-order valence-corrected chi connectivity index (χ2v) is 6.28. The summed E-state index contributed by atoms with van der Waals surface area (Å²) in [4.78, 5) is 16.5. The molecule has 1 heterocycles. The van der Waals surface area contributed by atoms with Crippen molar-refractivity contribution in [3.8, 4) is 5.75 Å². The fourth-order valence-corrected chi connectivity index (χ4v) is 3.10. The molecule has 1 saturated carbocycles. The number of aromatic hydroxyl groups is 1. The predicted molar refractivity (Wildman–Crippen MR) is 96.8 cm³/mol. The van der Waals surface area contributed by atoms with E-state index < -0.39 is 0 Å². The monoisotopic (exact) mass is 361 g/mol. The molecular formula is C16H25Cl2N3O2. The van der Waals surface area contributed by atoms with Crippen LogP contribution in [0.3, 0.4) is 0 Å². The molecule has 0 spiro atoms. The lowest BCUT2D eigenvalue weighted by Gasteiger charge is -2.41. The van der Waals surface area contributed by atoms with Crippen LogP contribution in [0.5, 0.6) is 5.75 Å². The van der Waals surface area contributed by atoms with Gasteiger partial charge in [-0.25, -0.2) is 0 Å². The van der Waals surface area contributed by atoms with E-state index in [2.05, 4.69) is 4.90 Å². The number of rotatable bonds is 3. The number of hydrogen-bond donors (Lipinski definition) is 2. The van der Waals surface area contributed by atoms with Crippen LogP contribution in [0.1, 0.15) is 25.7 Å². The van der Waals surface area contributed by atoms with Gasteiger partial charge in [-0.1, -0.05) is 0 Å². The summed E-state index contributed by atoms with van der Waals surface area (Å²) in [6.45, 7) is 3.15. The van der Waals surface area contributed by atoms with Crippen LogP contribution in [0.4, 0.5) is 5.69 Å². The number of carbonyl (C=O) groups is 1. The van der Waals surface area contributed by atoms with Crippen molar-refractivity contribution in [3.63, 3.8) is 0 Å². The molecule has 1 aliphatic carbocycles. The molecule has 130 valence electrons. The molecule has 0 unspecified atom stereocenters. The molecule has 23 heavy (non-hydrogen) atoms. The number of nitrogens with zero attached hydrogens (tertiary/aromatic N) is 2. The number of benzene rings is 1. The first-order chi connectivity index (χ1) is 10.1. The van der Waals surface area contributed by atoms with E-state index in [9.17, 15) is 9.90 Å². The standard InChI is InChI=1S/C16H23N3O2.2ClH/c17-16(6-1-7-16)12-15(21)19-10-8-18(9-11-19)13-2-4-14(20)5-3-13;;/h2-5,20H,1,6-12,17H2;2*1H. The highest BCUT2D eigenvalue weighted by Gasteiger charge is 2.36. The smallest absolute Gasteiger partial charge is 0.224 e. The molecule has 0 atom stereocenters. The predicted octanol–water partition coefficient (Wildman–Crippen LogP) is 2.16. The quantitative estimate of drug-likeness (QED) is 0.865. The van der Waals surface area contributed by atoms with Crippen molar-refractivity contribution in [1.29, 1.82) is 0 Å². The first-order valence-corrected chi connectivity index (χ1v) is 7.66. The Morgan fingerprint density at radius 2 is 1.65 bits per heavy atom. The van der Waals surface area contributed by atoms with Crippen LogP contribution in [0.2, 0.25) is 0 Å². The van der Waals surface area contributed by atoms with Crippen molar-refractivity contribution >= 4 is 36.4 Å². The van der Waals surface area contributed by atoms with E-state index in [0.29, 0.717) is 6.42 Å². The van der Waals surface area contributed by atoms with Gasteiger partial charge in [0, 0.05) is 43.8 Å². The molecule has 1 aromatic carbocycles. The molecule has 1 aliphatic heterocycles. The lowest BCUT2D eigenvalue weighted by Crippen LogP contribution is -2.54. The second kappa shape index (κ2) is 8.08. The molecule has 0 radical (unpaired) electrons. The van der Waals surface area contributed by atoms with Crippen molar-refractivity contribution in [1.82, 2.24) is 4.90 Å². The lowest BCUT2D eigenvalue weighted by atomic mass is 9.75. The van der Waals surface area contributed by atoms with E-state index in [4.69, 9.17) is 5.73 Å². The first-order valence-electron chi connectivity index (χ1n) is 7.66. The van der Waals surface area contributed by atoms with Crippen LogP contribution < -0.4 is 10.6 Å². The number of piperazine rings is 1. The van der Waals surface area contributed by atoms with Crippen LogP contribution in [0.15, 0.2) is 24.3 Å². The van der Waals surface area contributed by atoms with Gasteiger partial charge in [-0.3, -0.25) is 4.79 Å². The van der Waals surface area contributed by atoms with Gasteiger partial charge in [0.05, 0.1) is 0 Å². The van der Waals surface area contributed by atoms with Crippen molar-refractivity contribution in [2.75, 3.05) is 31.1 Å². The molecule has 2 aliphatic rings. The summed E-state index contributed by atoms with van der Waals surface area (Å²) < 4.78 is 0. The summed E-state index contributed by atoms with van der Waals surface area (Å²) in [5.41, 5.74) is 7.02. The fraction of sp³-hybridized carbons (Fsp3) is 0.562. The summed E-state index contributed by atoms with van der Waals surface area (Å²) in [6, 6.07) is 7.22. The SMILES string of the molecule is Cl.Cl.NC1(CC(=O)N2CCN(c3ccc(O)cc3)CC2)CCC1. The Labute approximate surface area is 149 Å². The number of hydrogen-bond acceptors (Lipinski definition) is 4. The van der Waals surface area contributed by atoms with Gasteiger partial charge in [-0.15, -0.1) is 24.8 Å². The highest BCUT2D eigenvalue weighted by Crippen LogP contribution is 2.32. The van der Waals surface area contributed by atoms with Gasteiger partial charge in [0.1, 0.15) is 5.75 Å². The van der Waals surface area contributed by atoms with E-state index in [-0.39, 0.29) is 42.0 Å². The summed E-state index contributed by atoms with van der Waals surface area (Å²) in [5.74, 6) is 0.476. The van der Waals surface area contributed by atoms with E-state index in [0.717, 1.165) is 51.1 Å². The third kappa shape index (κ3) is 4.66. The van der Waals surface area contributed by atoms with Gasteiger partial charge in [-0.05, 0) is 43.5 Å². The second-order valence-electron chi connectivity index (χ2n) is 6.28. The molecule has 7 heteroatoms. The highest BCUT2D eigenvalue weighted by atomic mass is 35.5. The van der Waals surface area contributed by atoms with Crippen molar-refractivity contribution < 1.29 is 9.90 Å². The van der Waals surface area contributed by atoms with Gasteiger partial charge < -0.3 is 20.6 Å². The summed E-state index contributed by atoms with van der Waals surface area (Å²) in [7, 11) is 0. The van der Waals surface area contributed by atoms with Crippen LogP contribution in [0, 0.1) is 0 Å². The summed E-state index contributed by atoms with van der Waals surface area (Å²) in [5, 5.41) is 9.32. The number of phenols is 1. The van der Waals surface area contributed by atoms with Crippen LogP contribution in [-0.2, 0) is 4.79 Å². The number of phenolic OH excluding ortho intramolecular Hbond substituents is 1. The minimum absolute atomic E-state index is 0. The Morgan fingerprint density at radius 1 is 1.09 bits per heavy atom. The Morgan fingerprint density at radius 3 is 2.13 bits per heavy atom. The zero-order valence-corrected chi connectivity index (χ0v) is 14.7. The van der Waals surface area contributed by atoms with Gasteiger partial charge in [0.2, 0.25) is 5.91 Å². The molecule has 1 amide bonds. The van der Waals surface area contributed by atoms with Crippen molar-refractivity contribution in [2.24, 2.45) is 5.73 Å². The number of nitrogens with two attached hydrogens (primary N) is 1. The van der Waals surface area contributed by atoms with Gasteiger partial charge in [0.15, 0.2) is 0 Å². The summed E-state index contributed by atoms with van der Waals surface area (Å²) in [6.07, 6.45) is 3.60. The first kappa shape index (κ1) is 19.9. The third-order valence-electron chi connectivity index (χ3n) is 4.70. The number of anilines is 1. The maximum atomic E-state index is 12.3. The minimum atomic E-state index is -0.231. The molecule has 1 saturated heterocycles. The Kier molecular flexibility index (Phi) is 6.99. The minimum Gasteiger partial charge on any atom is -0.508 e. The molecule has 3 rings (SSSR count). The topological polar surface area (TPSA) is 69.8 Å². The van der Waals surface area contributed by atoms with E-state index in [1.807, 2.05) is 17.0 Å². The molecule has 3 N–H and O–H groups in total. The Hall–Kier alpha value is -1.17. The number of halogens is 2. The maximum absolute atomic E-state index is 12.3. The van der Waals surface area contributed by atoms with E-state index >= 15 is 0 Å². The zero-order valence-electron chi connectivity index (χ0n) is 13.1. The third-order valence-corrected chi connectivity index (χ3v) is 4.70. The molecule has 5 nitrogen and oxygen atoms in total. The molecule has 0 aromatic heterocycles. The average Bonchev–Trinajstić information content (AvgIpc) is 2.46. The van der Waals surface area contributed by atoms with Crippen LogP contribution in [-0.4, -0.2) is 47.6 Å². The lowest BCUT2D eigenvalue weighted by molar-refractivity contribution is -0.133. The van der Waals surface area contributed by atoms with E-state index in [1.165, 1.54) is 0 Å². The highest BCUT2D eigenvalue weighted by molar-refractivity contribution is 5.85. The maximum Gasteiger partial charge on any atom is 0.224 e. The van der Waals surface area contributed by atoms with Crippen molar-refractivity contribution in [3.05, 3.63) is 24.3 Å². The van der Waals surface area contributed by atoms with Gasteiger partial charge in [0.25, 0.3) is 0 Å². The zero-order chi connectivity index (χ0) is 14.9. The molecule has 0 bridgehead atoms. The summed E-state index contributed by atoms with van der Waals surface area (Å²) >= 11 is 0. The largest absolute Gasteiger partial charge is 0.508 e.